The average molecular weight is 296 g/mol. The molecule has 2 N–H and O–H groups in total. The Bertz CT molecular complexity index is 345. The van der Waals surface area contributed by atoms with Gasteiger partial charge in [0.1, 0.15) is 0 Å². The lowest BCUT2D eigenvalue weighted by molar-refractivity contribution is -0.149. The minimum Gasteiger partial charge on any atom is -0.464 e. The minimum absolute atomic E-state index is 0.150. The highest BCUT2D eigenvalue weighted by Gasteiger charge is 2.29. The van der Waals surface area contributed by atoms with Gasteiger partial charge in [-0.2, -0.15) is 0 Å². The van der Waals surface area contributed by atoms with Gasteiger partial charge in [0.05, 0.1) is 12.6 Å². The summed E-state index contributed by atoms with van der Waals surface area (Å²) < 4.78 is 18.8. The number of ether oxygens (including phenoxy) is 1. The maximum atomic E-state index is 13.5. The molecule has 0 bridgehead atoms. The second-order valence-electron chi connectivity index (χ2n) is 2.81. The van der Waals surface area contributed by atoms with Gasteiger partial charge >= 0.3 is 5.97 Å². The Balaban J connectivity index is 2.72. The molecule has 1 unspecified atom stereocenters. The third-order valence-corrected chi connectivity index (χ3v) is 3.75. The summed E-state index contributed by atoms with van der Waals surface area (Å²) in [6.07, 6.45) is -1.82. The van der Waals surface area contributed by atoms with Crippen LogP contribution < -0.4 is 5.73 Å². The molecule has 0 spiro atoms. The molecule has 1 rings (SSSR count). The van der Waals surface area contributed by atoms with E-state index in [0.29, 0.717) is 9.35 Å². The van der Waals surface area contributed by atoms with Crippen molar-refractivity contribution in [1.82, 2.24) is 0 Å². The quantitative estimate of drug-likeness (QED) is 0.868. The fraction of sp³-hybridized carbons (Fsp3) is 0.444. The third-order valence-electron chi connectivity index (χ3n) is 1.77. The van der Waals surface area contributed by atoms with E-state index in [-0.39, 0.29) is 6.61 Å². The monoisotopic (exact) mass is 295 g/mol. The Morgan fingerprint density at radius 3 is 2.93 bits per heavy atom. The van der Waals surface area contributed by atoms with Crippen molar-refractivity contribution in [2.24, 2.45) is 5.73 Å². The highest BCUT2D eigenvalue weighted by atomic mass is 79.9. The first kappa shape index (κ1) is 12.6. The predicted octanol–water partition coefficient (Wildman–Crippen LogP) is 2.41. The SMILES string of the molecule is CCOC(=O)C(F)[C@@H](N)c1sccc1Br. The number of esters is 1. The summed E-state index contributed by atoms with van der Waals surface area (Å²) in [6, 6.07) is 0.788. The number of halogens is 2. The summed E-state index contributed by atoms with van der Waals surface area (Å²) >= 11 is 4.54. The van der Waals surface area contributed by atoms with Gasteiger partial charge in [0.2, 0.25) is 6.17 Å². The molecule has 1 heterocycles. The Morgan fingerprint density at radius 2 is 2.47 bits per heavy atom. The summed E-state index contributed by atoms with van der Waals surface area (Å²) in [5.41, 5.74) is 5.62. The van der Waals surface area contributed by atoms with Crippen LogP contribution in [0.2, 0.25) is 0 Å². The van der Waals surface area contributed by atoms with Crippen LogP contribution in [0.5, 0.6) is 0 Å². The van der Waals surface area contributed by atoms with Crippen molar-refractivity contribution < 1.29 is 13.9 Å². The number of hydrogen-bond acceptors (Lipinski definition) is 4. The molecule has 15 heavy (non-hydrogen) atoms. The first-order chi connectivity index (χ1) is 7.07. The van der Waals surface area contributed by atoms with Crippen LogP contribution in [0.1, 0.15) is 17.8 Å². The second kappa shape index (κ2) is 5.58. The van der Waals surface area contributed by atoms with Gasteiger partial charge in [0, 0.05) is 9.35 Å². The molecular formula is C9H11BrFNO2S. The van der Waals surface area contributed by atoms with E-state index in [2.05, 4.69) is 20.7 Å². The maximum Gasteiger partial charge on any atom is 0.342 e. The lowest BCUT2D eigenvalue weighted by Gasteiger charge is -2.14. The number of alkyl halides is 1. The number of carbonyl (C=O) groups excluding carboxylic acids is 1. The molecule has 1 aromatic rings. The summed E-state index contributed by atoms with van der Waals surface area (Å²) in [4.78, 5) is 11.7. The van der Waals surface area contributed by atoms with Gasteiger partial charge in [0.25, 0.3) is 0 Å². The topological polar surface area (TPSA) is 52.3 Å². The van der Waals surface area contributed by atoms with Crippen LogP contribution >= 0.6 is 27.3 Å². The number of hydrogen-bond donors (Lipinski definition) is 1. The maximum absolute atomic E-state index is 13.5. The van der Waals surface area contributed by atoms with Gasteiger partial charge < -0.3 is 10.5 Å². The van der Waals surface area contributed by atoms with Gasteiger partial charge in [-0.3, -0.25) is 0 Å². The van der Waals surface area contributed by atoms with E-state index in [1.807, 2.05) is 0 Å². The zero-order chi connectivity index (χ0) is 11.4. The first-order valence-electron chi connectivity index (χ1n) is 4.37. The Hall–Kier alpha value is -0.460. The molecule has 0 aliphatic heterocycles. The molecule has 0 radical (unpaired) electrons. The van der Waals surface area contributed by atoms with E-state index in [1.54, 1.807) is 18.4 Å². The van der Waals surface area contributed by atoms with Crippen LogP contribution in [-0.2, 0) is 9.53 Å². The third kappa shape index (κ3) is 2.99. The summed E-state index contributed by atoms with van der Waals surface area (Å²) in [5, 5.41) is 1.77. The second-order valence-corrected chi connectivity index (χ2v) is 4.61. The average Bonchev–Trinajstić information content (AvgIpc) is 2.62. The molecule has 2 atom stereocenters. The van der Waals surface area contributed by atoms with Gasteiger partial charge in [0.15, 0.2) is 0 Å². The Morgan fingerprint density at radius 1 is 1.80 bits per heavy atom. The van der Waals surface area contributed by atoms with Crippen LogP contribution in [0, 0.1) is 0 Å². The number of carbonyl (C=O) groups is 1. The normalized spacial score (nSPS) is 14.7. The number of rotatable bonds is 4. The smallest absolute Gasteiger partial charge is 0.342 e. The van der Waals surface area contributed by atoms with Crippen molar-refractivity contribution in [2.45, 2.75) is 19.1 Å². The van der Waals surface area contributed by atoms with Crippen molar-refractivity contribution in [3.63, 3.8) is 0 Å². The molecule has 0 saturated heterocycles. The van der Waals surface area contributed by atoms with E-state index < -0.39 is 18.2 Å². The molecule has 0 fully saturated rings. The van der Waals surface area contributed by atoms with Crippen LogP contribution in [0.15, 0.2) is 15.9 Å². The van der Waals surface area contributed by atoms with E-state index in [4.69, 9.17) is 5.73 Å². The standard InChI is InChI=1S/C9H11BrFNO2S/c1-2-14-9(13)6(11)7(12)8-5(10)3-4-15-8/h3-4,6-7H,2,12H2,1H3/t6?,7-/m1/s1. The van der Waals surface area contributed by atoms with Crippen LogP contribution in [0.4, 0.5) is 4.39 Å². The lowest BCUT2D eigenvalue weighted by Crippen LogP contribution is -2.31. The molecular weight excluding hydrogens is 285 g/mol. The highest BCUT2D eigenvalue weighted by molar-refractivity contribution is 9.10. The van der Waals surface area contributed by atoms with Crippen molar-refractivity contribution in [2.75, 3.05) is 6.61 Å². The lowest BCUT2D eigenvalue weighted by atomic mass is 10.1. The molecule has 0 aromatic carbocycles. The van der Waals surface area contributed by atoms with Gasteiger partial charge in [-0.1, -0.05) is 0 Å². The predicted molar refractivity (Wildman–Crippen MR) is 60.5 cm³/mol. The van der Waals surface area contributed by atoms with Crippen molar-refractivity contribution in [3.8, 4) is 0 Å². The Kier molecular flexibility index (Phi) is 4.69. The van der Waals surface area contributed by atoms with E-state index in [9.17, 15) is 9.18 Å². The van der Waals surface area contributed by atoms with Crippen LogP contribution in [-0.4, -0.2) is 18.7 Å². The largest absolute Gasteiger partial charge is 0.464 e. The molecule has 0 aliphatic carbocycles. The summed E-state index contributed by atoms with van der Waals surface area (Å²) in [5.74, 6) is -0.912. The van der Waals surface area contributed by atoms with Crippen LogP contribution in [0.25, 0.3) is 0 Å². The zero-order valence-electron chi connectivity index (χ0n) is 8.07. The summed E-state index contributed by atoms with van der Waals surface area (Å²) in [7, 11) is 0. The molecule has 1 aromatic heterocycles. The van der Waals surface area contributed by atoms with Gasteiger partial charge in [-0.05, 0) is 34.3 Å². The Labute approximate surface area is 99.5 Å². The fourth-order valence-corrected chi connectivity index (χ4v) is 2.70. The van der Waals surface area contributed by atoms with Crippen molar-refractivity contribution >= 4 is 33.2 Å². The van der Waals surface area contributed by atoms with Crippen molar-refractivity contribution in [3.05, 3.63) is 20.8 Å². The highest BCUT2D eigenvalue weighted by Crippen LogP contribution is 2.30. The molecule has 0 amide bonds. The molecule has 84 valence electrons. The molecule has 0 aliphatic rings. The molecule has 0 saturated carbocycles. The number of thiophene rings is 1. The van der Waals surface area contributed by atoms with E-state index in [0.717, 1.165) is 0 Å². The molecule has 6 heteroatoms. The van der Waals surface area contributed by atoms with Crippen molar-refractivity contribution in [1.29, 1.82) is 0 Å². The molecule has 3 nitrogen and oxygen atoms in total. The van der Waals surface area contributed by atoms with Gasteiger partial charge in [-0.15, -0.1) is 11.3 Å². The minimum atomic E-state index is -1.82. The van der Waals surface area contributed by atoms with E-state index >= 15 is 0 Å². The summed E-state index contributed by atoms with van der Waals surface area (Å²) in [6.45, 7) is 1.77. The van der Waals surface area contributed by atoms with E-state index in [1.165, 1.54) is 11.3 Å². The first-order valence-corrected chi connectivity index (χ1v) is 6.04. The van der Waals surface area contributed by atoms with Crippen LogP contribution in [0.3, 0.4) is 0 Å². The van der Waals surface area contributed by atoms with Gasteiger partial charge in [-0.25, -0.2) is 9.18 Å². The fourth-order valence-electron chi connectivity index (χ4n) is 1.04. The number of nitrogens with two attached hydrogens (primary N) is 1. The zero-order valence-corrected chi connectivity index (χ0v) is 10.5.